The van der Waals surface area contributed by atoms with E-state index in [4.69, 9.17) is 4.42 Å². The fourth-order valence-electron chi connectivity index (χ4n) is 9.29. The third-order valence-corrected chi connectivity index (χ3v) is 13.1. The van der Waals surface area contributed by atoms with Gasteiger partial charge in [-0.05, 0) is 100 Å². The number of thiophene rings is 1. The van der Waals surface area contributed by atoms with Crippen LogP contribution >= 0.6 is 11.3 Å². The minimum absolute atomic E-state index is 0.594. The second kappa shape index (κ2) is 13.3. The third-order valence-electron chi connectivity index (χ3n) is 11.9. The van der Waals surface area contributed by atoms with E-state index in [9.17, 15) is 0 Å². The molecular formula is C52H39NOS. The maximum Gasteiger partial charge on any atom is 0.135 e. The van der Waals surface area contributed by atoms with Crippen molar-refractivity contribution in [2.75, 3.05) is 4.90 Å². The summed E-state index contributed by atoms with van der Waals surface area (Å²) < 4.78 is 8.97. The summed E-state index contributed by atoms with van der Waals surface area (Å²) in [5.41, 5.74) is 11.7. The van der Waals surface area contributed by atoms with Gasteiger partial charge < -0.3 is 9.32 Å². The van der Waals surface area contributed by atoms with E-state index in [1.165, 1.54) is 90.9 Å². The Morgan fingerprint density at radius 1 is 0.491 bits per heavy atom. The van der Waals surface area contributed by atoms with Gasteiger partial charge in [-0.1, -0.05) is 141 Å². The highest BCUT2D eigenvalue weighted by Gasteiger charge is 2.23. The Kier molecular flexibility index (Phi) is 7.81. The third kappa shape index (κ3) is 5.45. The number of benzene rings is 8. The molecule has 0 spiro atoms. The Bertz CT molecular complexity index is 3030. The topological polar surface area (TPSA) is 16.4 Å². The summed E-state index contributed by atoms with van der Waals surface area (Å²) in [7, 11) is 0. The maximum absolute atomic E-state index is 6.31. The van der Waals surface area contributed by atoms with Gasteiger partial charge >= 0.3 is 0 Å². The van der Waals surface area contributed by atoms with Crippen LogP contribution in [0.25, 0.3) is 75.1 Å². The molecule has 1 fully saturated rings. The molecule has 8 aromatic carbocycles. The molecule has 2 heterocycles. The number of hydrogen-bond acceptors (Lipinski definition) is 3. The molecule has 0 N–H and O–H groups in total. The summed E-state index contributed by atoms with van der Waals surface area (Å²) in [4.78, 5) is 2.45. The van der Waals surface area contributed by atoms with Crippen molar-refractivity contribution in [3.63, 3.8) is 0 Å². The smallest absolute Gasteiger partial charge is 0.135 e. The zero-order valence-corrected chi connectivity index (χ0v) is 31.4. The number of fused-ring (bicyclic) bond motifs is 7. The molecule has 2 nitrogen and oxygen atoms in total. The fraction of sp³-hybridized carbons (Fsp3) is 0.115. The normalized spacial score (nSPS) is 13.7. The van der Waals surface area contributed by atoms with E-state index in [-0.39, 0.29) is 0 Å². The van der Waals surface area contributed by atoms with E-state index in [0.717, 1.165) is 39.0 Å². The predicted molar refractivity (Wildman–Crippen MR) is 235 cm³/mol. The summed E-state index contributed by atoms with van der Waals surface area (Å²) >= 11 is 1.88. The average molecular weight is 726 g/mol. The van der Waals surface area contributed by atoms with Crippen molar-refractivity contribution in [3.8, 4) is 22.3 Å². The van der Waals surface area contributed by atoms with Gasteiger partial charge in [-0.2, -0.15) is 0 Å². The number of para-hydroxylation sites is 2. The van der Waals surface area contributed by atoms with Crippen molar-refractivity contribution >= 4 is 81.3 Å². The molecule has 1 aliphatic rings. The first-order valence-corrected chi connectivity index (χ1v) is 20.4. The Labute approximate surface area is 324 Å². The molecule has 0 saturated heterocycles. The summed E-state index contributed by atoms with van der Waals surface area (Å²) in [6.45, 7) is 0. The number of nitrogens with zero attached hydrogens (tertiary/aromatic N) is 1. The predicted octanol–water partition coefficient (Wildman–Crippen LogP) is 16.0. The van der Waals surface area contributed by atoms with Crippen LogP contribution in [-0.4, -0.2) is 0 Å². The van der Waals surface area contributed by atoms with Crippen molar-refractivity contribution in [2.24, 2.45) is 0 Å². The number of hydrogen-bond donors (Lipinski definition) is 0. The number of rotatable bonds is 6. The summed E-state index contributed by atoms with van der Waals surface area (Å²) in [6, 6.07) is 62.5. The zero-order chi connectivity index (χ0) is 36.3. The van der Waals surface area contributed by atoms with E-state index in [1.807, 2.05) is 17.4 Å². The van der Waals surface area contributed by atoms with Crippen LogP contribution in [0.3, 0.4) is 0 Å². The van der Waals surface area contributed by atoms with E-state index in [0.29, 0.717) is 5.92 Å². The van der Waals surface area contributed by atoms with Gasteiger partial charge in [-0.3, -0.25) is 0 Å². The van der Waals surface area contributed by atoms with Crippen LogP contribution in [0.4, 0.5) is 17.1 Å². The minimum Gasteiger partial charge on any atom is -0.456 e. The molecule has 0 unspecified atom stereocenters. The van der Waals surface area contributed by atoms with E-state index in [1.54, 1.807) is 0 Å². The Balaban J connectivity index is 1.11. The van der Waals surface area contributed by atoms with Crippen molar-refractivity contribution in [2.45, 2.75) is 38.0 Å². The molecule has 0 atom stereocenters. The molecule has 1 aliphatic carbocycles. The molecule has 0 bridgehead atoms. The Morgan fingerprint density at radius 2 is 1.16 bits per heavy atom. The SMILES string of the molecule is c1ccc(N(c2ccc(-c3cccc4c3sc3ccccc34)cc2)c2ccc3oc4ccccc4c3c2)c(-c2cccc3cccc(C4CCCCC4)c23)c1. The van der Waals surface area contributed by atoms with Gasteiger partial charge in [0.05, 0.1) is 5.69 Å². The lowest BCUT2D eigenvalue weighted by Gasteiger charge is -2.29. The van der Waals surface area contributed by atoms with Gasteiger partial charge in [0.25, 0.3) is 0 Å². The molecule has 10 aromatic rings. The first-order valence-electron chi connectivity index (χ1n) is 19.6. The standard InChI is InChI=1S/C52H39NOS/c1-2-13-34(14-3-1)39-20-10-15-36-16-11-22-44(51(36)39)41-17-4-7-24-47(41)53(38-31-32-49-46(33-38)42-18-5-8-25-48(42)54-49)37-29-27-35(28-30-37)40-21-12-23-45-43-19-6-9-26-50(43)55-52(40)45/h4-12,15-34H,1-3,13-14H2. The van der Waals surface area contributed by atoms with Gasteiger partial charge in [-0.15, -0.1) is 11.3 Å². The molecule has 55 heavy (non-hydrogen) atoms. The molecule has 2 aromatic heterocycles. The van der Waals surface area contributed by atoms with Crippen molar-refractivity contribution in [1.29, 1.82) is 0 Å². The molecular weight excluding hydrogens is 687 g/mol. The molecule has 0 aliphatic heterocycles. The monoisotopic (exact) mass is 725 g/mol. The first-order chi connectivity index (χ1) is 27.3. The van der Waals surface area contributed by atoms with Crippen LogP contribution in [0, 0.1) is 0 Å². The van der Waals surface area contributed by atoms with Crippen molar-refractivity contribution in [3.05, 3.63) is 175 Å². The summed E-state index contributed by atoms with van der Waals surface area (Å²) in [5, 5.41) is 7.60. The fourth-order valence-corrected chi connectivity index (χ4v) is 10.5. The summed E-state index contributed by atoms with van der Waals surface area (Å²) in [6.07, 6.45) is 6.50. The average Bonchev–Trinajstić information content (AvgIpc) is 3.83. The van der Waals surface area contributed by atoms with E-state index >= 15 is 0 Å². The second-order valence-corrected chi connectivity index (χ2v) is 16.1. The van der Waals surface area contributed by atoms with Gasteiger partial charge in [-0.25, -0.2) is 0 Å². The first kappa shape index (κ1) is 32.3. The number of anilines is 3. The van der Waals surface area contributed by atoms with Crippen LogP contribution < -0.4 is 4.90 Å². The summed E-state index contributed by atoms with van der Waals surface area (Å²) in [5.74, 6) is 0.594. The van der Waals surface area contributed by atoms with Crippen molar-refractivity contribution in [1.82, 2.24) is 0 Å². The van der Waals surface area contributed by atoms with E-state index < -0.39 is 0 Å². The lowest BCUT2D eigenvalue weighted by atomic mass is 9.80. The highest BCUT2D eigenvalue weighted by Crippen LogP contribution is 2.47. The van der Waals surface area contributed by atoms with Crippen LogP contribution in [0.1, 0.15) is 43.6 Å². The van der Waals surface area contributed by atoms with Gasteiger partial charge in [0, 0.05) is 47.9 Å². The van der Waals surface area contributed by atoms with Crippen LogP contribution in [0.5, 0.6) is 0 Å². The van der Waals surface area contributed by atoms with Crippen LogP contribution in [-0.2, 0) is 0 Å². The Morgan fingerprint density at radius 3 is 2.05 bits per heavy atom. The Hall–Kier alpha value is -6.16. The van der Waals surface area contributed by atoms with Gasteiger partial charge in [0.1, 0.15) is 11.2 Å². The lowest BCUT2D eigenvalue weighted by molar-refractivity contribution is 0.445. The highest BCUT2D eigenvalue weighted by atomic mass is 32.1. The van der Waals surface area contributed by atoms with Gasteiger partial charge in [0.15, 0.2) is 0 Å². The highest BCUT2D eigenvalue weighted by molar-refractivity contribution is 7.26. The lowest BCUT2D eigenvalue weighted by Crippen LogP contribution is -2.11. The minimum atomic E-state index is 0.594. The molecule has 264 valence electrons. The van der Waals surface area contributed by atoms with E-state index in [2.05, 4.69) is 169 Å². The molecule has 3 heteroatoms. The quantitative estimate of drug-likeness (QED) is 0.170. The largest absolute Gasteiger partial charge is 0.456 e. The van der Waals surface area contributed by atoms with Gasteiger partial charge in [0.2, 0.25) is 0 Å². The van der Waals surface area contributed by atoms with Crippen LogP contribution in [0.2, 0.25) is 0 Å². The molecule has 11 rings (SSSR count). The molecule has 0 amide bonds. The van der Waals surface area contributed by atoms with Crippen LogP contribution in [0.15, 0.2) is 174 Å². The molecule has 0 radical (unpaired) electrons. The zero-order valence-electron chi connectivity index (χ0n) is 30.5. The maximum atomic E-state index is 6.31. The second-order valence-electron chi connectivity index (χ2n) is 15.0. The van der Waals surface area contributed by atoms with Crippen molar-refractivity contribution < 1.29 is 4.42 Å². The number of furan rings is 1. The molecule has 1 saturated carbocycles.